The minimum atomic E-state index is -0.814. The topological polar surface area (TPSA) is 74.6 Å². The Balaban J connectivity index is 4.18. The Bertz CT molecular complexity index is 235. The molecule has 0 aliphatic rings. The lowest BCUT2D eigenvalue weighted by molar-refractivity contribution is -0.138. The quantitative estimate of drug-likeness (QED) is 0.672. The average molecular weight is 230 g/mol. The molecule has 16 heavy (non-hydrogen) atoms. The van der Waals surface area contributed by atoms with Gasteiger partial charge in [0.1, 0.15) is 0 Å². The minimum absolute atomic E-state index is 0.0422. The van der Waals surface area contributed by atoms with E-state index in [4.69, 9.17) is 10.2 Å². The summed E-state index contributed by atoms with van der Waals surface area (Å²) >= 11 is 0. The van der Waals surface area contributed by atoms with E-state index in [-0.39, 0.29) is 24.7 Å². The van der Waals surface area contributed by atoms with Crippen molar-refractivity contribution in [1.82, 2.24) is 0 Å². The highest BCUT2D eigenvalue weighted by Gasteiger charge is 2.19. The minimum Gasteiger partial charge on any atom is -0.481 e. The molecule has 4 nitrogen and oxygen atoms in total. The van der Waals surface area contributed by atoms with Crippen molar-refractivity contribution in [2.45, 2.75) is 46.5 Å². The van der Waals surface area contributed by atoms with E-state index in [0.29, 0.717) is 12.3 Å². The van der Waals surface area contributed by atoms with Gasteiger partial charge in [0.15, 0.2) is 0 Å². The third kappa shape index (κ3) is 8.26. The summed E-state index contributed by atoms with van der Waals surface area (Å²) < 4.78 is 0. The molecule has 0 aliphatic carbocycles. The molecule has 0 aromatic rings. The van der Waals surface area contributed by atoms with Gasteiger partial charge in [-0.3, -0.25) is 9.59 Å². The summed E-state index contributed by atoms with van der Waals surface area (Å²) in [7, 11) is 0. The van der Waals surface area contributed by atoms with Gasteiger partial charge in [0.2, 0.25) is 0 Å². The van der Waals surface area contributed by atoms with Crippen LogP contribution in [0.4, 0.5) is 0 Å². The van der Waals surface area contributed by atoms with Crippen LogP contribution in [0.15, 0.2) is 0 Å². The molecule has 0 spiro atoms. The molecule has 0 aromatic carbocycles. The molecule has 2 atom stereocenters. The van der Waals surface area contributed by atoms with Gasteiger partial charge in [-0.15, -0.1) is 0 Å². The molecule has 2 N–H and O–H groups in total. The standard InChI is InChI=1S/C12H22O4/c1-8(2)4-10(7-12(15)16)5-9(3)6-11(13)14/h8-10H,4-7H2,1-3H3,(H,13,14)(H,15,16). The second kappa shape index (κ2) is 7.25. The summed E-state index contributed by atoms with van der Waals surface area (Å²) in [6.07, 6.45) is 1.78. The van der Waals surface area contributed by atoms with Crippen LogP contribution in [0.3, 0.4) is 0 Å². The van der Waals surface area contributed by atoms with Crippen LogP contribution in [-0.4, -0.2) is 22.2 Å². The first kappa shape index (κ1) is 14.9. The van der Waals surface area contributed by atoms with Crippen LogP contribution < -0.4 is 0 Å². The van der Waals surface area contributed by atoms with E-state index in [0.717, 1.165) is 6.42 Å². The number of carboxylic acids is 2. The maximum Gasteiger partial charge on any atom is 0.303 e. The predicted molar refractivity (Wildman–Crippen MR) is 61.2 cm³/mol. The summed E-state index contributed by atoms with van der Waals surface area (Å²) in [5, 5.41) is 17.4. The zero-order valence-electron chi connectivity index (χ0n) is 10.3. The van der Waals surface area contributed by atoms with E-state index in [2.05, 4.69) is 13.8 Å². The SMILES string of the molecule is CC(C)CC(CC(=O)O)CC(C)CC(=O)O. The number of carbonyl (C=O) groups is 2. The van der Waals surface area contributed by atoms with Crippen LogP contribution in [0.25, 0.3) is 0 Å². The summed E-state index contributed by atoms with van der Waals surface area (Å²) in [6.45, 7) is 5.97. The largest absolute Gasteiger partial charge is 0.481 e. The van der Waals surface area contributed by atoms with Gasteiger partial charge in [-0.1, -0.05) is 20.8 Å². The monoisotopic (exact) mass is 230 g/mol. The zero-order valence-corrected chi connectivity index (χ0v) is 10.3. The Kier molecular flexibility index (Phi) is 6.77. The van der Waals surface area contributed by atoms with Gasteiger partial charge < -0.3 is 10.2 Å². The highest BCUT2D eigenvalue weighted by Crippen LogP contribution is 2.24. The fourth-order valence-corrected chi connectivity index (χ4v) is 2.13. The van der Waals surface area contributed by atoms with Crippen LogP contribution in [0.1, 0.15) is 46.5 Å². The molecule has 0 heterocycles. The molecular formula is C12H22O4. The Hall–Kier alpha value is -1.06. The molecule has 0 saturated heterocycles. The normalized spacial score (nSPS) is 14.8. The third-order valence-corrected chi connectivity index (χ3v) is 2.53. The van der Waals surface area contributed by atoms with Crippen LogP contribution in [0.5, 0.6) is 0 Å². The highest BCUT2D eigenvalue weighted by atomic mass is 16.4. The lowest BCUT2D eigenvalue weighted by Crippen LogP contribution is -2.15. The van der Waals surface area contributed by atoms with Gasteiger partial charge in [-0.2, -0.15) is 0 Å². The van der Waals surface area contributed by atoms with Crippen LogP contribution in [0.2, 0.25) is 0 Å². The second-order valence-corrected chi connectivity index (χ2v) is 5.03. The molecule has 4 heteroatoms. The van der Waals surface area contributed by atoms with E-state index in [9.17, 15) is 9.59 Å². The Labute approximate surface area is 96.7 Å². The van der Waals surface area contributed by atoms with E-state index >= 15 is 0 Å². The predicted octanol–water partition coefficient (Wildman–Crippen LogP) is 2.62. The van der Waals surface area contributed by atoms with Crippen molar-refractivity contribution >= 4 is 11.9 Å². The average Bonchev–Trinajstić information content (AvgIpc) is 1.97. The summed E-state index contributed by atoms with van der Waals surface area (Å²) in [5.74, 6) is -1.03. The van der Waals surface area contributed by atoms with Crippen molar-refractivity contribution in [3.05, 3.63) is 0 Å². The third-order valence-electron chi connectivity index (χ3n) is 2.53. The Morgan fingerprint density at radius 3 is 1.81 bits per heavy atom. The molecule has 94 valence electrons. The fourth-order valence-electron chi connectivity index (χ4n) is 2.13. The maximum absolute atomic E-state index is 10.7. The van der Waals surface area contributed by atoms with E-state index in [1.165, 1.54) is 0 Å². The van der Waals surface area contributed by atoms with Crippen LogP contribution in [-0.2, 0) is 9.59 Å². The molecule has 0 saturated carbocycles. The van der Waals surface area contributed by atoms with E-state index < -0.39 is 11.9 Å². The maximum atomic E-state index is 10.7. The first-order chi connectivity index (χ1) is 7.31. The molecule has 2 unspecified atom stereocenters. The number of aliphatic carboxylic acids is 2. The Morgan fingerprint density at radius 1 is 0.938 bits per heavy atom. The van der Waals surface area contributed by atoms with Gasteiger partial charge >= 0.3 is 11.9 Å². The lowest BCUT2D eigenvalue weighted by Gasteiger charge is -2.20. The Morgan fingerprint density at radius 2 is 1.44 bits per heavy atom. The number of hydrogen-bond donors (Lipinski definition) is 2. The summed E-state index contributed by atoms with van der Waals surface area (Å²) in [4.78, 5) is 21.2. The molecule has 0 radical (unpaired) electrons. The smallest absolute Gasteiger partial charge is 0.303 e. The zero-order chi connectivity index (χ0) is 12.7. The van der Waals surface area contributed by atoms with Gasteiger partial charge in [0.25, 0.3) is 0 Å². The van der Waals surface area contributed by atoms with Crippen LogP contribution >= 0.6 is 0 Å². The van der Waals surface area contributed by atoms with Gasteiger partial charge in [-0.25, -0.2) is 0 Å². The fraction of sp³-hybridized carbons (Fsp3) is 0.833. The highest BCUT2D eigenvalue weighted by molar-refractivity contribution is 5.67. The molecular weight excluding hydrogens is 208 g/mol. The summed E-state index contributed by atoms with van der Waals surface area (Å²) in [6, 6.07) is 0. The van der Waals surface area contributed by atoms with E-state index in [1.54, 1.807) is 0 Å². The molecule has 0 aromatic heterocycles. The second-order valence-electron chi connectivity index (χ2n) is 5.03. The molecule has 0 bridgehead atoms. The van der Waals surface area contributed by atoms with Gasteiger partial charge in [0, 0.05) is 12.8 Å². The van der Waals surface area contributed by atoms with E-state index in [1.807, 2.05) is 6.92 Å². The molecule has 0 aliphatic heterocycles. The van der Waals surface area contributed by atoms with Crippen molar-refractivity contribution < 1.29 is 19.8 Å². The van der Waals surface area contributed by atoms with Gasteiger partial charge in [0.05, 0.1) is 0 Å². The van der Waals surface area contributed by atoms with Crippen molar-refractivity contribution in [3.8, 4) is 0 Å². The molecule has 0 amide bonds. The number of carboxylic acid groups (broad SMARTS) is 2. The lowest BCUT2D eigenvalue weighted by atomic mass is 9.85. The molecule has 0 fully saturated rings. The van der Waals surface area contributed by atoms with Crippen molar-refractivity contribution in [1.29, 1.82) is 0 Å². The van der Waals surface area contributed by atoms with Crippen molar-refractivity contribution in [2.24, 2.45) is 17.8 Å². The first-order valence-corrected chi connectivity index (χ1v) is 5.74. The first-order valence-electron chi connectivity index (χ1n) is 5.74. The van der Waals surface area contributed by atoms with Crippen LogP contribution in [0, 0.1) is 17.8 Å². The van der Waals surface area contributed by atoms with Crippen molar-refractivity contribution in [2.75, 3.05) is 0 Å². The number of rotatable bonds is 8. The number of hydrogen-bond acceptors (Lipinski definition) is 2. The van der Waals surface area contributed by atoms with Gasteiger partial charge in [-0.05, 0) is 30.6 Å². The molecule has 0 rings (SSSR count). The van der Waals surface area contributed by atoms with Crippen molar-refractivity contribution in [3.63, 3.8) is 0 Å². The summed E-state index contributed by atoms with van der Waals surface area (Å²) in [5.41, 5.74) is 0.